The molecule has 2 aromatic heterocycles. The second kappa shape index (κ2) is 7.75. The van der Waals surface area contributed by atoms with Crippen LogP contribution in [0.25, 0.3) is 10.2 Å². The number of thiophene rings is 1. The van der Waals surface area contributed by atoms with Crippen LogP contribution in [-0.2, 0) is 6.54 Å². The SMILES string of the molecule is Cc1sc2nc(CN(C)C3CCCNCC3)[nH]c(=O)c2c1C.Cl. The molecule has 0 amide bonds. The summed E-state index contributed by atoms with van der Waals surface area (Å²) in [7, 11) is 2.13. The molecule has 3 heterocycles. The lowest BCUT2D eigenvalue weighted by molar-refractivity contribution is 0.212. The predicted molar refractivity (Wildman–Crippen MR) is 98.9 cm³/mol. The van der Waals surface area contributed by atoms with E-state index in [2.05, 4.69) is 27.2 Å². The standard InChI is InChI=1S/C16H24N4OS.ClH/c1-10-11(2)22-16-14(10)15(21)18-13(19-16)9-20(3)12-5-4-7-17-8-6-12;/h12,17H,4-9H2,1-3H3,(H,18,19,21);1H. The van der Waals surface area contributed by atoms with Gasteiger partial charge in [-0.3, -0.25) is 9.69 Å². The van der Waals surface area contributed by atoms with Crippen molar-refractivity contribution in [1.29, 1.82) is 0 Å². The van der Waals surface area contributed by atoms with Crippen LogP contribution < -0.4 is 10.9 Å². The molecule has 1 unspecified atom stereocenters. The van der Waals surface area contributed by atoms with Crippen molar-refractivity contribution >= 4 is 34.0 Å². The number of fused-ring (bicyclic) bond motifs is 1. The van der Waals surface area contributed by atoms with E-state index in [0.29, 0.717) is 12.6 Å². The third-order valence-electron chi connectivity index (χ3n) is 4.66. The molecule has 1 aliphatic heterocycles. The van der Waals surface area contributed by atoms with Crippen LogP contribution in [0.2, 0.25) is 0 Å². The molecule has 3 rings (SSSR count). The number of aryl methyl sites for hydroxylation is 2. The Kier molecular flexibility index (Phi) is 6.19. The van der Waals surface area contributed by atoms with Gasteiger partial charge in [-0.1, -0.05) is 0 Å². The summed E-state index contributed by atoms with van der Waals surface area (Å²) < 4.78 is 0. The lowest BCUT2D eigenvalue weighted by Gasteiger charge is -2.26. The summed E-state index contributed by atoms with van der Waals surface area (Å²) in [6, 6.07) is 0.558. The van der Waals surface area contributed by atoms with Gasteiger partial charge in [0.05, 0.1) is 11.9 Å². The summed E-state index contributed by atoms with van der Waals surface area (Å²) in [5, 5.41) is 4.20. The zero-order chi connectivity index (χ0) is 15.7. The van der Waals surface area contributed by atoms with Crippen LogP contribution in [0.3, 0.4) is 0 Å². The number of aromatic amines is 1. The van der Waals surface area contributed by atoms with Crippen molar-refractivity contribution < 1.29 is 0 Å². The Hall–Kier alpha value is -0.950. The smallest absolute Gasteiger partial charge is 0.259 e. The van der Waals surface area contributed by atoms with E-state index in [1.807, 2.05) is 13.8 Å². The van der Waals surface area contributed by atoms with Gasteiger partial charge >= 0.3 is 0 Å². The van der Waals surface area contributed by atoms with Crippen LogP contribution in [0, 0.1) is 13.8 Å². The molecule has 0 bridgehead atoms. The van der Waals surface area contributed by atoms with Crippen molar-refractivity contribution in [3.8, 4) is 0 Å². The fourth-order valence-corrected chi connectivity index (χ4v) is 4.23. The summed E-state index contributed by atoms with van der Waals surface area (Å²) in [6.45, 7) is 6.92. The fourth-order valence-electron chi connectivity index (χ4n) is 3.18. The second-order valence-electron chi connectivity index (χ2n) is 6.23. The minimum absolute atomic E-state index is 0. The number of H-pyrrole nitrogens is 1. The minimum atomic E-state index is -0.00205. The van der Waals surface area contributed by atoms with Crippen LogP contribution in [0.4, 0.5) is 0 Å². The van der Waals surface area contributed by atoms with Crippen molar-refractivity contribution in [2.24, 2.45) is 0 Å². The molecule has 1 saturated heterocycles. The molecule has 128 valence electrons. The van der Waals surface area contributed by atoms with Crippen molar-refractivity contribution in [1.82, 2.24) is 20.2 Å². The van der Waals surface area contributed by atoms with Crippen LogP contribution >= 0.6 is 23.7 Å². The van der Waals surface area contributed by atoms with Gasteiger partial charge in [-0.05, 0) is 58.8 Å². The summed E-state index contributed by atoms with van der Waals surface area (Å²) in [5.74, 6) is 0.776. The number of nitrogens with one attached hydrogen (secondary N) is 2. The highest BCUT2D eigenvalue weighted by Gasteiger charge is 2.18. The first-order chi connectivity index (χ1) is 10.6. The zero-order valence-corrected chi connectivity index (χ0v) is 15.6. The molecule has 23 heavy (non-hydrogen) atoms. The van der Waals surface area contributed by atoms with Crippen LogP contribution in [0.1, 0.15) is 35.5 Å². The molecule has 0 saturated carbocycles. The molecule has 0 radical (unpaired) electrons. The molecule has 2 aromatic rings. The molecule has 2 N–H and O–H groups in total. The van der Waals surface area contributed by atoms with Crippen LogP contribution in [-0.4, -0.2) is 41.0 Å². The van der Waals surface area contributed by atoms with Gasteiger partial charge in [-0.2, -0.15) is 0 Å². The average Bonchev–Trinajstić information content (AvgIpc) is 2.69. The first-order valence-corrected chi connectivity index (χ1v) is 8.77. The molecule has 0 aliphatic carbocycles. The summed E-state index contributed by atoms with van der Waals surface area (Å²) in [5.41, 5.74) is 1.06. The monoisotopic (exact) mass is 356 g/mol. The van der Waals surface area contributed by atoms with Gasteiger partial charge in [0.25, 0.3) is 5.56 Å². The lowest BCUT2D eigenvalue weighted by Crippen LogP contribution is -2.33. The Bertz CT molecular complexity index is 719. The van der Waals surface area contributed by atoms with E-state index in [0.717, 1.165) is 41.1 Å². The van der Waals surface area contributed by atoms with E-state index in [1.54, 1.807) is 11.3 Å². The topological polar surface area (TPSA) is 61.0 Å². The molecule has 0 spiro atoms. The number of rotatable bonds is 3. The maximum Gasteiger partial charge on any atom is 0.259 e. The maximum atomic E-state index is 12.3. The zero-order valence-electron chi connectivity index (χ0n) is 13.9. The molecule has 0 aromatic carbocycles. The Labute approximate surface area is 146 Å². The first kappa shape index (κ1) is 18.4. The lowest BCUT2D eigenvalue weighted by atomic mass is 10.1. The Morgan fingerprint density at radius 2 is 2.09 bits per heavy atom. The van der Waals surface area contributed by atoms with E-state index in [9.17, 15) is 4.79 Å². The Morgan fingerprint density at radius 1 is 1.30 bits per heavy atom. The van der Waals surface area contributed by atoms with E-state index in [4.69, 9.17) is 0 Å². The number of hydrogen-bond acceptors (Lipinski definition) is 5. The van der Waals surface area contributed by atoms with E-state index in [-0.39, 0.29) is 18.0 Å². The predicted octanol–water partition coefficient (Wildman–Crippen LogP) is 2.60. The molecule has 1 fully saturated rings. The van der Waals surface area contributed by atoms with Gasteiger partial charge in [0.15, 0.2) is 0 Å². The van der Waals surface area contributed by atoms with Gasteiger partial charge in [-0.25, -0.2) is 4.98 Å². The van der Waals surface area contributed by atoms with Gasteiger partial charge in [-0.15, -0.1) is 23.7 Å². The van der Waals surface area contributed by atoms with Gasteiger partial charge in [0.2, 0.25) is 0 Å². The van der Waals surface area contributed by atoms with Crippen molar-refractivity contribution in [2.75, 3.05) is 20.1 Å². The third-order valence-corrected chi connectivity index (χ3v) is 5.76. The van der Waals surface area contributed by atoms with Crippen LogP contribution in [0.15, 0.2) is 4.79 Å². The average molecular weight is 357 g/mol. The highest BCUT2D eigenvalue weighted by atomic mass is 35.5. The summed E-state index contributed by atoms with van der Waals surface area (Å²) >= 11 is 1.61. The summed E-state index contributed by atoms with van der Waals surface area (Å²) in [4.78, 5) is 24.3. The van der Waals surface area contributed by atoms with Gasteiger partial charge in [0.1, 0.15) is 10.7 Å². The first-order valence-electron chi connectivity index (χ1n) is 7.96. The molecule has 1 atom stereocenters. The maximum absolute atomic E-state index is 12.3. The van der Waals surface area contributed by atoms with Crippen molar-refractivity contribution in [2.45, 2.75) is 45.7 Å². The van der Waals surface area contributed by atoms with E-state index < -0.39 is 0 Å². The van der Waals surface area contributed by atoms with Crippen molar-refractivity contribution in [3.63, 3.8) is 0 Å². The van der Waals surface area contributed by atoms with Gasteiger partial charge in [0, 0.05) is 10.9 Å². The molecular formula is C16H25ClN4OS. The van der Waals surface area contributed by atoms with Crippen molar-refractivity contribution in [3.05, 3.63) is 26.6 Å². The normalized spacial score (nSPS) is 18.9. The minimum Gasteiger partial charge on any atom is -0.317 e. The van der Waals surface area contributed by atoms with Crippen LogP contribution in [0.5, 0.6) is 0 Å². The quantitative estimate of drug-likeness (QED) is 0.887. The molecule has 7 heteroatoms. The second-order valence-corrected chi connectivity index (χ2v) is 7.43. The largest absolute Gasteiger partial charge is 0.317 e. The summed E-state index contributed by atoms with van der Waals surface area (Å²) in [6.07, 6.45) is 3.56. The molecule has 1 aliphatic rings. The molecule has 5 nitrogen and oxygen atoms in total. The Balaban J connectivity index is 0.00000192. The van der Waals surface area contributed by atoms with E-state index >= 15 is 0 Å². The highest BCUT2D eigenvalue weighted by Crippen LogP contribution is 2.26. The highest BCUT2D eigenvalue weighted by molar-refractivity contribution is 7.18. The Morgan fingerprint density at radius 3 is 2.87 bits per heavy atom. The number of halogens is 1. The fraction of sp³-hybridized carbons (Fsp3) is 0.625. The molecular weight excluding hydrogens is 332 g/mol. The van der Waals surface area contributed by atoms with E-state index in [1.165, 1.54) is 17.7 Å². The number of hydrogen-bond donors (Lipinski definition) is 2. The number of aromatic nitrogens is 2. The van der Waals surface area contributed by atoms with Gasteiger partial charge < -0.3 is 10.3 Å². The third kappa shape index (κ3) is 3.94. The number of nitrogens with zero attached hydrogens (tertiary/aromatic N) is 2.